The fourth-order valence-electron chi connectivity index (χ4n) is 3.51. The molecule has 2 aromatic carbocycles. The Labute approximate surface area is 171 Å². The highest BCUT2D eigenvalue weighted by Crippen LogP contribution is 2.23. The van der Waals surface area contributed by atoms with Gasteiger partial charge in [-0.15, -0.1) is 0 Å². The van der Waals surface area contributed by atoms with Crippen molar-refractivity contribution in [3.05, 3.63) is 59.2 Å². The topological polar surface area (TPSA) is 87.3 Å². The summed E-state index contributed by atoms with van der Waals surface area (Å²) < 4.78 is 0. The molecule has 3 N–H and O–H groups in total. The largest absolute Gasteiger partial charge is 0.338 e. The molecule has 29 heavy (non-hydrogen) atoms. The van der Waals surface area contributed by atoms with Gasteiger partial charge < -0.3 is 16.0 Å². The van der Waals surface area contributed by atoms with Crippen LogP contribution >= 0.6 is 0 Å². The minimum atomic E-state index is -0.299. The lowest BCUT2D eigenvalue weighted by Gasteiger charge is -2.16. The van der Waals surface area contributed by atoms with Crippen LogP contribution in [0.15, 0.2) is 42.5 Å². The number of hydrogen-bond donors (Lipinski definition) is 3. The smallest absolute Gasteiger partial charge is 0.319 e. The zero-order chi connectivity index (χ0) is 20.6. The number of nitrogens with one attached hydrogen (secondary N) is 3. The molecule has 0 unspecified atom stereocenters. The third-order valence-electron chi connectivity index (χ3n) is 4.99. The van der Waals surface area contributed by atoms with Gasteiger partial charge in [-0.2, -0.15) is 0 Å². The predicted octanol–water partition coefficient (Wildman–Crippen LogP) is 4.31. The first kappa shape index (κ1) is 20.6. The number of ketones is 1. The number of fused-ring (bicyclic) bond motifs is 1. The van der Waals surface area contributed by atoms with E-state index in [0.29, 0.717) is 23.5 Å². The minimum absolute atomic E-state index is 0.0137. The fraction of sp³-hybridized carbons (Fsp3) is 0.348. The van der Waals surface area contributed by atoms with Gasteiger partial charge in [-0.3, -0.25) is 9.59 Å². The molecule has 152 valence electrons. The zero-order valence-corrected chi connectivity index (χ0v) is 16.7. The number of carbonyl (C=O) groups excluding carboxylic acids is 3. The van der Waals surface area contributed by atoms with Gasteiger partial charge >= 0.3 is 6.03 Å². The maximum atomic E-state index is 12.5. The number of hydrogen-bond acceptors (Lipinski definition) is 3. The van der Waals surface area contributed by atoms with E-state index in [2.05, 4.69) is 22.0 Å². The van der Waals surface area contributed by atoms with E-state index in [-0.39, 0.29) is 30.6 Å². The number of anilines is 2. The Morgan fingerprint density at radius 1 is 0.862 bits per heavy atom. The Bertz CT molecular complexity index is 908. The number of benzene rings is 2. The fourth-order valence-corrected chi connectivity index (χ4v) is 3.51. The first-order valence-corrected chi connectivity index (χ1v) is 10.1. The van der Waals surface area contributed by atoms with Gasteiger partial charge in [0.05, 0.1) is 0 Å². The molecule has 0 fully saturated rings. The van der Waals surface area contributed by atoms with E-state index in [0.717, 1.165) is 12.8 Å². The third-order valence-corrected chi connectivity index (χ3v) is 4.99. The number of rotatable bonds is 7. The van der Waals surface area contributed by atoms with Crippen molar-refractivity contribution in [2.24, 2.45) is 0 Å². The van der Waals surface area contributed by atoms with Crippen LogP contribution in [0, 0.1) is 0 Å². The van der Waals surface area contributed by atoms with Crippen molar-refractivity contribution in [3.8, 4) is 0 Å². The summed E-state index contributed by atoms with van der Waals surface area (Å²) in [6, 6.07) is 12.5. The number of amides is 3. The second-order valence-electron chi connectivity index (χ2n) is 7.23. The first-order chi connectivity index (χ1) is 14.0. The van der Waals surface area contributed by atoms with E-state index in [4.69, 9.17) is 0 Å². The van der Waals surface area contributed by atoms with E-state index < -0.39 is 0 Å². The Hall–Kier alpha value is -3.15. The highest BCUT2D eigenvalue weighted by atomic mass is 16.2. The Kier molecular flexibility index (Phi) is 7.00. The van der Waals surface area contributed by atoms with E-state index in [9.17, 15) is 14.4 Å². The molecule has 1 aliphatic carbocycles. The summed E-state index contributed by atoms with van der Waals surface area (Å²) >= 11 is 0. The summed E-state index contributed by atoms with van der Waals surface area (Å²) in [7, 11) is 0. The van der Waals surface area contributed by atoms with Crippen molar-refractivity contribution in [2.75, 3.05) is 17.2 Å². The van der Waals surface area contributed by atoms with Gasteiger partial charge in [-0.25, -0.2) is 4.79 Å². The highest BCUT2D eigenvalue weighted by molar-refractivity contribution is 6.00. The molecule has 0 spiro atoms. The van der Waals surface area contributed by atoms with Gasteiger partial charge in [-0.05, 0) is 68.0 Å². The van der Waals surface area contributed by atoms with Gasteiger partial charge in [0, 0.05) is 36.3 Å². The molecule has 0 atom stereocenters. The number of urea groups is 1. The molecule has 0 radical (unpaired) electrons. The number of carbonyl (C=O) groups is 3. The lowest BCUT2D eigenvalue weighted by Crippen LogP contribution is -2.28. The lowest BCUT2D eigenvalue weighted by atomic mass is 9.89. The lowest BCUT2D eigenvalue weighted by molar-refractivity contribution is -0.116. The number of Topliss-reactive ketones (excluding diaryl/α,β-unsaturated/α-hetero) is 1. The molecule has 6 heteroatoms. The molecule has 0 saturated carbocycles. The molecule has 0 aromatic heterocycles. The van der Waals surface area contributed by atoms with Crippen LogP contribution in [0.25, 0.3) is 0 Å². The molecule has 3 rings (SSSR count). The van der Waals surface area contributed by atoms with Crippen LogP contribution in [0.4, 0.5) is 16.2 Å². The molecule has 0 bridgehead atoms. The minimum Gasteiger partial charge on any atom is -0.338 e. The van der Waals surface area contributed by atoms with Gasteiger partial charge in [-0.1, -0.05) is 18.2 Å². The van der Waals surface area contributed by atoms with E-state index in [1.807, 2.05) is 19.1 Å². The molecule has 0 saturated heterocycles. The van der Waals surface area contributed by atoms with E-state index >= 15 is 0 Å². The summed E-state index contributed by atoms with van der Waals surface area (Å²) in [5.74, 6) is -0.244. The summed E-state index contributed by atoms with van der Waals surface area (Å²) in [5.41, 5.74) is 4.45. The van der Waals surface area contributed by atoms with Gasteiger partial charge in [0.15, 0.2) is 5.78 Å². The quantitative estimate of drug-likeness (QED) is 0.613. The summed E-state index contributed by atoms with van der Waals surface area (Å²) in [6.45, 7) is 2.36. The zero-order valence-electron chi connectivity index (χ0n) is 16.7. The highest BCUT2D eigenvalue weighted by Gasteiger charge is 2.14. The van der Waals surface area contributed by atoms with Gasteiger partial charge in [0.2, 0.25) is 5.91 Å². The Morgan fingerprint density at radius 3 is 2.34 bits per heavy atom. The van der Waals surface area contributed by atoms with Crippen LogP contribution < -0.4 is 16.0 Å². The maximum Gasteiger partial charge on any atom is 0.319 e. The average Bonchev–Trinajstić information content (AvgIpc) is 2.72. The first-order valence-electron chi connectivity index (χ1n) is 10.1. The van der Waals surface area contributed by atoms with E-state index in [1.54, 1.807) is 24.3 Å². The molecule has 3 amide bonds. The van der Waals surface area contributed by atoms with Crippen LogP contribution in [0.1, 0.15) is 54.1 Å². The SMILES string of the molecule is CCNC(=O)Nc1cccc(NC(=O)CCC(=O)c2ccc3c(c2)CCCC3)c1. The van der Waals surface area contributed by atoms with Crippen molar-refractivity contribution in [3.63, 3.8) is 0 Å². The molecule has 2 aromatic rings. The van der Waals surface area contributed by atoms with Crippen LogP contribution in [0.5, 0.6) is 0 Å². The molecule has 0 aliphatic heterocycles. The third kappa shape index (κ3) is 5.91. The van der Waals surface area contributed by atoms with E-state index in [1.165, 1.54) is 24.0 Å². The van der Waals surface area contributed by atoms with Crippen molar-refractivity contribution in [1.82, 2.24) is 5.32 Å². The van der Waals surface area contributed by atoms with Crippen LogP contribution in [0.2, 0.25) is 0 Å². The molecular weight excluding hydrogens is 366 g/mol. The summed E-state index contributed by atoms with van der Waals surface area (Å²) in [6.07, 6.45) is 4.77. The molecule has 6 nitrogen and oxygen atoms in total. The monoisotopic (exact) mass is 393 g/mol. The normalized spacial score (nSPS) is 12.6. The Balaban J connectivity index is 1.52. The summed E-state index contributed by atoms with van der Waals surface area (Å²) in [4.78, 5) is 36.3. The summed E-state index contributed by atoms with van der Waals surface area (Å²) in [5, 5.41) is 8.13. The van der Waals surface area contributed by atoms with Crippen LogP contribution in [0.3, 0.4) is 0 Å². The van der Waals surface area contributed by atoms with Crippen molar-refractivity contribution < 1.29 is 14.4 Å². The maximum absolute atomic E-state index is 12.5. The predicted molar refractivity (Wildman–Crippen MR) is 114 cm³/mol. The van der Waals surface area contributed by atoms with Gasteiger partial charge in [0.1, 0.15) is 0 Å². The van der Waals surface area contributed by atoms with Crippen LogP contribution in [-0.2, 0) is 17.6 Å². The van der Waals surface area contributed by atoms with Crippen molar-refractivity contribution >= 4 is 29.1 Å². The van der Waals surface area contributed by atoms with Gasteiger partial charge in [0.25, 0.3) is 0 Å². The standard InChI is InChI=1S/C23H27N3O3/c1-2-24-23(29)26-20-9-5-8-19(15-20)25-22(28)13-12-21(27)18-11-10-16-6-3-4-7-17(16)14-18/h5,8-11,14-15H,2-4,6-7,12-13H2,1H3,(H,25,28)(H2,24,26,29). The molecule has 0 heterocycles. The molecular formula is C23H27N3O3. The second kappa shape index (κ2) is 9.87. The Morgan fingerprint density at radius 2 is 1.59 bits per heavy atom. The average molecular weight is 393 g/mol. The second-order valence-corrected chi connectivity index (χ2v) is 7.23. The van der Waals surface area contributed by atoms with Crippen molar-refractivity contribution in [1.29, 1.82) is 0 Å². The van der Waals surface area contributed by atoms with Crippen LogP contribution in [-0.4, -0.2) is 24.3 Å². The molecule has 1 aliphatic rings. The number of aryl methyl sites for hydroxylation is 2. The van der Waals surface area contributed by atoms with Crippen molar-refractivity contribution in [2.45, 2.75) is 45.4 Å².